The maximum absolute atomic E-state index is 12.2. The molecule has 2 aromatic rings. The first kappa shape index (κ1) is 20.4. The van der Waals surface area contributed by atoms with E-state index in [4.69, 9.17) is 18.9 Å². The van der Waals surface area contributed by atoms with Gasteiger partial charge in [-0.25, -0.2) is 0 Å². The Hall–Kier alpha value is -2.89. The number of hydrogen-bond donors (Lipinski definition) is 1. The molecular formula is C21H27NO5. The highest BCUT2D eigenvalue weighted by Crippen LogP contribution is 2.30. The number of benzene rings is 2. The lowest BCUT2D eigenvalue weighted by Crippen LogP contribution is -2.31. The summed E-state index contributed by atoms with van der Waals surface area (Å²) < 4.78 is 21.8. The molecule has 0 radical (unpaired) electrons. The summed E-state index contributed by atoms with van der Waals surface area (Å²) in [5, 5.41) is 2.92. The minimum atomic E-state index is -0.204. The van der Waals surface area contributed by atoms with Crippen molar-refractivity contribution in [3.63, 3.8) is 0 Å². The first-order valence-corrected chi connectivity index (χ1v) is 9.03. The fourth-order valence-corrected chi connectivity index (χ4v) is 2.52. The molecule has 0 fully saturated rings. The first-order chi connectivity index (χ1) is 13.1. The summed E-state index contributed by atoms with van der Waals surface area (Å²) in [7, 11) is 1.60. The zero-order valence-corrected chi connectivity index (χ0v) is 16.3. The topological polar surface area (TPSA) is 66.0 Å². The van der Waals surface area contributed by atoms with E-state index in [1.54, 1.807) is 31.4 Å². The molecule has 6 heteroatoms. The van der Waals surface area contributed by atoms with Crippen LogP contribution in [-0.4, -0.2) is 32.8 Å². The van der Waals surface area contributed by atoms with Gasteiger partial charge in [-0.2, -0.15) is 0 Å². The van der Waals surface area contributed by atoms with Crippen molar-refractivity contribution in [2.24, 2.45) is 0 Å². The normalized spacial score (nSPS) is 11.4. The van der Waals surface area contributed by atoms with Crippen molar-refractivity contribution in [2.45, 2.75) is 26.8 Å². The van der Waals surface area contributed by atoms with Crippen molar-refractivity contribution in [1.82, 2.24) is 5.32 Å². The molecule has 146 valence electrons. The van der Waals surface area contributed by atoms with Gasteiger partial charge >= 0.3 is 0 Å². The molecule has 1 atom stereocenters. The lowest BCUT2D eigenvalue weighted by molar-refractivity contribution is -0.123. The van der Waals surface area contributed by atoms with E-state index in [2.05, 4.69) is 5.32 Å². The Labute approximate surface area is 160 Å². The molecule has 0 aliphatic heterocycles. The summed E-state index contributed by atoms with van der Waals surface area (Å²) >= 11 is 0. The van der Waals surface area contributed by atoms with Crippen LogP contribution < -0.4 is 24.3 Å². The molecule has 0 aromatic heterocycles. The SMILES string of the molecule is CCOc1ccc(C(C)NC(=O)COc2ccc(OC)cc2)cc1OCC. The Kier molecular flexibility index (Phi) is 7.79. The summed E-state index contributed by atoms with van der Waals surface area (Å²) in [4.78, 5) is 12.2. The smallest absolute Gasteiger partial charge is 0.258 e. The van der Waals surface area contributed by atoms with Crippen LogP contribution in [0.25, 0.3) is 0 Å². The van der Waals surface area contributed by atoms with Crippen LogP contribution in [0.2, 0.25) is 0 Å². The van der Waals surface area contributed by atoms with E-state index in [0.29, 0.717) is 30.5 Å². The zero-order valence-electron chi connectivity index (χ0n) is 16.3. The molecule has 27 heavy (non-hydrogen) atoms. The standard InChI is InChI=1S/C21H27NO5/c1-5-25-19-12-7-16(13-20(19)26-6-2)15(3)22-21(23)14-27-18-10-8-17(24-4)9-11-18/h7-13,15H,5-6,14H2,1-4H3,(H,22,23). The molecule has 1 N–H and O–H groups in total. The third-order valence-corrected chi connectivity index (χ3v) is 3.87. The highest BCUT2D eigenvalue weighted by atomic mass is 16.5. The molecule has 0 aliphatic rings. The quantitative estimate of drug-likeness (QED) is 0.687. The molecule has 0 bridgehead atoms. The van der Waals surface area contributed by atoms with E-state index in [0.717, 1.165) is 11.3 Å². The van der Waals surface area contributed by atoms with Crippen molar-refractivity contribution in [2.75, 3.05) is 26.9 Å². The Morgan fingerprint density at radius 2 is 1.56 bits per heavy atom. The second-order valence-corrected chi connectivity index (χ2v) is 5.83. The number of hydrogen-bond acceptors (Lipinski definition) is 5. The third kappa shape index (κ3) is 6.09. The van der Waals surface area contributed by atoms with Crippen LogP contribution >= 0.6 is 0 Å². The molecule has 0 saturated heterocycles. The molecular weight excluding hydrogens is 346 g/mol. The number of carbonyl (C=O) groups is 1. The van der Waals surface area contributed by atoms with E-state index in [9.17, 15) is 4.79 Å². The lowest BCUT2D eigenvalue weighted by atomic mass is 10.1. The van der Waals surface area contributed by atoms with Crippen molar-refractivity contribution in [3.8, 4) is 23.0 Å². The van der Waals surface area contributed by atoms with Crippen LogP contribution in [0.3, 0.4) is 0 Å². The Balaban J connectivity index is 1.93. The van der Waals surface area contributed by atoms with E-state index in [1.165, 1.54) is 0 Å². The molecule has 1 unspecified atom stereocenters. The van der Waals surface area contributed by atoms with Crippen LogP contribution in [0.5, 0.6) is 23.0 Å². The van der Waals surface area contributed by atoms with Gasteiger partial charge in [0.1, 0.15) is 11.5 Å². The van der Waals surface area contributed by atoms with Gasteiger partial charge in [0.2, 0.25) is 0 Å². The van der Waals surface area contributed by atoms with Crippen LogP contribution in [0.15, 0.2) is 42.5 Å². The van der Waals surface area contributed by atoms with Crippen molar-refractivity contribution >= 4 is 5.91 Å². The Morgan fingerprint density at radius 3 is 2.19 bits per heavy atom. The van der Waals surface area contributed by atoms with Gasteiger partial charge in [-0.1, -0.05) is 6.07 Å². The molecule has 2 rings (SSSR count). The number of nitrogens with one attached hydrogen (secondary N) is 1. The predicted molar refractivity (Wildman–Crippen MR) is 104 cm³/mol. The van der Waals surface area contributed by atoms with Gasteiger partial charge in [-0.05, 0) is 62.7 Å². The maximum Gasteiger partial charge on any atom is 0.258 e. The second kappa shape index (κ2) is 10.3. The van der Waals surface area contributed by atoms with E-state index < -0.39 is 0 Å². The van der Waals surface area contributed by atoms with Crippen LogP contribution in [-0.2, 0) is 4.79 Å². The fraction of sp³-hybridized carbons (Fsp3) is 0.381. The largest absolute Gasteiger partial charge is 0.497 e. The molecule has 0 saturated carbocycles. The minimum absolute atomic E-state index is 0.0635. The number of methoxy groups -OCH3 is 1. The summed E-state index contributed by atoms with van der Waals surface area (Å²) in [5.41, 5.74) is 0.930. The third-order valence-electron chi connectivity index (χ3n) is 3.87. The summed E-state index contributed by atoms with van der Waals surface area (Å²) in [6.07, 6.45) is 0. The zero-order chi connectivity index (χ0) is 19.6. The molecule has 6 nitrogen and oxygen atoms in total. The van der Waals surface area contributed by atoms with Gasteiger partial charge < -0.3 is 24.3 Å². The average molecular weight is 373 g/mol. The van der Waals surface area contributed by atoms with Gasteiger partial charge in [-0.3, -0.25) is 4.79 Å². The van der Waals surface area contributed by atoms with Crippen molar-refractivity contribution in [1.29, 1.82) is 0 Å². The van der Waals surface area contributed by atoms with E-state index in [1.807, 2.05) is 39.0 Å². The number of carbonyl (C=O) groups excluding carboxylic acids is 1. The predicted octanol–water partition coefficient (Wildman–Crippen LogP) is 3.75. The number of amides is 1. The van der Waals surface area contributed by atoms with Crippen LogP contribution in [0.4, 0.5) is 0 Å². The Morgan fingerprint density at radius 1 is 0.926 bits per heavy atom. The van der Waals surface area contributed by atoms with Gasteiger partial charge in [-0.15, -0.1) is 0 Å². The average Bonchev–Trinajstić information content (AvgIpc) is 2.68. The van der Waals surface area contributed by atoms with Gasteiger partial charge in [0, 0.05) is 0 Å². The van der Waals surface area contributed by atoms with Gasteiger partial charge in [0.05, 0.1) is 26.4 Å². The van der Waals surface area contributed by atoms with E-state index >= 15 is 0 Å². The van der Waals surface area contributed by atoms with E-state index in [-0.39, 0.29) is 18.6 Å². The van der Waals surface area contributed by atoms with Crippen molar-refractivity contribution in [3.05, 3.63) is 48.0 Å². The summed E-state index contributed by atoms with van der Waals surface area (Å²) in [6, 6.07) is 12.6. The monoisotopic (exact) mass is 373 g/mol. The number of ether oxygens (including phenoxy) is 4. The Bertz CT molecular complexity index is 730. The summed E-state index contributed by atoms with van der Waals surface area (Å²) in [6.45, 7) is 6.80. The second-order valence-electron chi connectivity index (χ2n) is 5.83. The molecule has 0 heterocycles. The number of rotatable bonds is 10. The first-order valence-electron chi connectivity index (χ1n) is 9.03. The van der Waals surface area contributed by atoms with Crippen LogP contribution in [0.1, 0.15) is 32.4 Å². The van der Waals surface area contributed by atoms with Gasteiger partial charge in [0.15, 0.2) is 18.1 Å². The molecule has 0 spiro atoms. The highest BCUT2D eigenvalue weighted by molar-refractivity contribution is 5.78. The highest BCUT2D eigenvalue weighted by Gasteiger charge is 2.13. The maximum atomic E-state index is 12.2. The van der Waals surface area contributed by atoms with Gasteiger partial charge in [0.25, 0.3) is 5.91 Å². The fourth-order valence-electron chi connectivity index (χ4n) is 2.52. The van der Waals surface area contributed by atoms with Crippen molar-refractivity contribution < 1.29 is 23.7 Å². The molecule has 0 aliphatic carbocycles. The summed E-state index contributed by atoms with van der Waals surface area (Å²) in [5.74, 6) is 2.52. The minimum Gasteiger partial charge on any atom is -0.497 e. The molecule has 2 aromatic carbocycles. The lowest BCUT2D eigenvalue weighted by Gasteiger charge is -2.17. The molecule has 1 amide bonds. The van der Waals surface area contributed by atoms with Crippen LogP contribution in [0, 0.1) is 0 Å².